The van der Waals surface area contributed by atoms with Crippen molar-refractivity contribution < 1.29 is 4.52 Å². The van der Waals surface area contributed by atoms with Gasteiger partial charge in [0.1, 0.15) is 5.82 Å². The van der Waals surface area contributed by atoms with Crippen molar-refractivity contribution in [2.75, 3.05) is 31.1 Å². The van der Waals surface area contributed by atoms with E-state index in [0.29, 0.717) is 5.89 Å². The molecule has 6 nitrogen and oxygen atoms in total. The predicted octanol–water partition coefficient (Wildman–Crippen LogP) is 3.01. The minimum Gasteiger partial charge on any atom is -0.354 e. The van der Waals surface area contributed by atoms with Crippen molar-refractivity contribution in [1.82, 2.24) is 20.0 Å². The van der Waals surface area contributed by atoms with Gasteiger partial charge in [-0.2, -0.15) is 4.98 Å². The van der Waals surface area contributed by atoms with Gasteiger partial charge in [0.2, 0.25) is 5.89 Å². The molecule has 124 valence electrons. The maximum atomic E-state index is 5.03. The fraction of sp³-hybridized carbons (Fsp3) is 0.353. The summed E-state index contributed by atoms with van der Waals surface area (Å²) in [5, 5.41) is 5.12. The summed E-state index contributed by atoms with van der Waals surface area (Å²) in [5.41, 5.74) is 1.03. The van der Waals surface area contributed by atoms with Crippen molar-refractivity contribution in [2.45, 2.75) is 13.5 Å². The number of rotatable bonds is 3. The Morgan fingerprint density at radius 2 is 1.92 bits per heavy atom. The molecule has 2 aromatic heterocycles. The summed E-state index contributed by atoms with van der Waals surface area (Å²) >= 11 is 3.50. The maximum Gasteiger partial charge on any atom is 0.223 e. The summed E-state index contributed by atoms with van der Waals surface area (Å²) in [6, 6.07) is 10.4. The first-order chi connectivity index (χ1) is 11.7. The second-order valence-electron chi connectivity index (χ2n) is 6.00. The average Bonchev–Trinajstić information content (AvgIpc) is 3.00. The second-order valence-corrected chi connectivity index (χ2v) is 6.91. The molecule has 1 aliphatic heterocycles. The van der Waals surface area contributed by atoms with E-state index < -0.39 is 0 Å². The lowest BCUT2D eigenvalue weighted by Crippen LogP contribution is -2.46. The first-order valence-corrected chi connectivity index (χ1v) is 8.79. The first kappa shape index (κ1) is 15.5. The summed E-state index contributed by atoms with van der Waals surface area (Å²) < 4.78 is 6.11. The minimum absolute atomic E-state index is 0.621. The Morgan fingerprint density at radius 1 is 1.08 bits per heavy atom. The fourth-order valence-corrected chi connectivity index (χ4v) is 3.38. The van der Waals surface area contributed by atoms with Crippen molar-refractivity contribution in [1.29, 1.82) is 0 Å². The molecule has 0 aliphatic carbocycles. The van der Waals surface area contributed by atoms with Crippen LogP contribution in [0.3, 0.4) is 0 Å². The largest absolute Gasteiger partial charge is 0.354 e. The number of aromatic nitrogens is 3. The average molecular weight is 388 g/mol. The number of anilines is 1. The number of fused-ring (bicyclic) bond motifs is 1. The molecule has 0 N–H and O–H groups in total. The molecule has 1 fully saturated rings. The molecular weight excluding hydrogens is 370 g/mol. The Balaban J connectivity index is 1.42. The van der Waals surface area contributed by atoms with Gasteiger partial charge >= 0.3 is 0 Å². The van der Waals surface area contributed by atoms with Crippen LogP contribution in [0.15, 0.2) is 39.3 Å². The molecule has 0 amide bonds. The normalized spacial score (nSPS) is 16.0. The van der Waals surface area contributed by atoms with E-state index in [1.807, 2.05) is 13.0 Å². The van der Waals surface area contributed by atoms with E-state index in [1.165, 1.54) is 0 Å². The zero-order valence-corrected chi connectivity index (χ0v) is 15.0. The van der Waals surface area contributed by atoms with Crippen LogP contribution in [0.1, 0.15) is 11.7 Å². The van der Waals surface area contributed by atoms with Crippen LogP contribution in [0.2, 0.25) is 0 Å². The van der Waals surface area contributed by atoms with Gasteiger partial charge in [0, 0.05) is 43.0 Å². The van der Waals surface area contributed by atoms with Crippen LogP contribution in [0, 0.1) is 6.92 Å². The van der Waals surface area contributed by atoms with E-state index in [4.69, 9.17) is 9.51 Å². The smallest absolute Gasteiger partial charge is 0.223 e. The van der Waals surface area contributed by atoms with Gasteiger partial charge in [-0.05, 0) is 30.3 Å². The number of halogens is 1. The summed E-state index contributed by atoms with van der Waals surface area (Å²) in [6.07, 6.45) is 0. The Morgan fingerprint density at radius 3 is 2.67 bits per heavy atom. The molecule has 1 aliphatic rings. The molecule has 1 saturated heterocycles. The van der Waals surface area contributed by atoms with Crippen LogP contribution in [-0.4, -0.2) is 46.2 Å². The molecule has 7 heteroatoms. The molecule has 3 heterocycles. The standard InChI is InChI=1S/C17H18BrN5O/c1-12-19-16(21-24-12)11-22-6-8-23(9-7-22)17-5-2-13-10-14(18)3-4-15(13)20-17/h2-5,10H,6-9,11H2,1H3. The highest BCUT2D eigenvalue weighted by Gasteiger charge is 2.19. The van der Waals surface area contributed by atoms with E-state index in [9.17, 15) is 0 Å². The molecule has 4 rings (SSSR count). The van der Waals surface area contributed by atoms with Crippen LogP contribution in [0.5, 0.6) is 0 Å². The third-order valence-electron chi connectivity index (χ3n) is 4.27. The number of piperazine rings is 1. The van der Waals surface area contributed by atoms with Crippen LogP contribution >= 0.6 is 15.9 Å². The van der Waals surface area contributed by atoms with Gasteiger partial charge in [0.05, 0.1) is 12.1 Å². The molecule has 3 aromatic rings. The van der Waals surface area contributed by atoms with Crippen LogP contribution in [0.25, 0.3) is 10.9 Å². The second kappa shape index (κ2) is 6.49. The van der Waals surface area contributed by atoms with E-state index in [2.05, 4.69) is 60.1 Å². The number of aryl methyl sites for hydroxylation is 1. The lowest BCUT2D eigenvalue weighted by Gasteiger charge is -2.34. The third kappa shape index (κ3) is 3.27. The summed E-state index contributed by atoms with van der Waals surface area (Å²) in [6.45, 7) is 6.39. The Hall–Kier alpha value is -1.99. The molecule has 0 radical (unpaired) electrons. The highest BCUT2D eigenvalue weighted by Crippen LogP contribution is 2.22. The molecule has 1 aromatic carbocycles. The van der Waals surface area contributed by atoms with Crippen molar-refractivity contribution in [3.8, 4) is 0 Å². The Bertz CT molecular complexity index is 857. The lowest BCUT2D eigenvalue weighted by molar-refractivity contribution is 0.239. The van der Waals surface area contributed by atoms with Gasteiger partial charge in [-0.1, -0.05) is 21.1 Å². The molecule has 24 heavy (non-hydrogen) atoms. The van der Waals surface area contributed by atoms with Crippen molar-refractivity contribution in [2.24, 2.45) is 0 Å². The van der Waals surface area contributed by atoms with Crippen LogP contribution < -0.4 is 4.90 Å². The fourth-order valence-electron chi connectivity index (χ4n) is 3.00. The van der Waals surface area contributed by atoms with Crippen LogP contribution in [0.4, 0.5) is 5.82 Å². The number of nitrogens with zero attached hydrogens (tertiary/aromatic N) is 5. The van der Waals surface area contributed by atoms with E-state index >= 15 is 0 Å². The third-order valence-corrected chi connectivity index (χ3v) is 4.76. The predicted molar refractivity (Wildman–Crippen MR) is 96.0 cm³/mol. The van der Waals surface area contributed by atoms with Gasteiger partial charge in [0.15, 0.2) is 5.82 Å². The zero-order chi connectivity index (χ0) is 16.5. The Kier molecular flexibility index (Phi) is 4.20. The highest BCUT2D eigenvalue weighted by molar-refractivity contribution is 9.10. The zero-order valence-electron chi connectivity index (χ0n) is 13.4. The monoisotopic (exact) mass is 387 g/mol. The Labute approximate surface area is 148 Å². The molecule has 0 unspecified atom stereocenters. The number of pyridine rings is 1. The highest BCUT2D eigenvalue weighted by atomic mass is 79.9. The topological polar surface area (TPSA) is 58.3 Å². The van der Waals surface area contributed by atoms with Gasteiger partial charge in [-0.15, -0.1) is 0 Å². The van der Waals surface area contributed by atoms with Gasteiger partial charge in [-0.3, -0.25) is 4.90 Å². The van der Waals surface area contributed by atoms with Crippen molar-refractivity contribution in [3.63, 3.8) is 0 Å². The van der Waals surface area contributed by atoms with Gasteiger partial charge < -0.3 is 9.42 Å². The minimum atomic E-state index is 0.621. The van der Waals surface area contributed by atoms with Crippen molar-refractivity contribution in [3.05, 3.63) is 46.5 Å². The van der Waals surface area contributed by atoms with E-state index in [-0.39, 0.29) is 0 Å². The number of hydrogen-bond acceptors (Lipinski definition) is 6. The molecule has 0 bridgehead atoms. The molecule has 0 spiro atoms. The van der Waals surface area contributed by atoms with E-state index in [0.717, 1.165) is 59.7 Å². The van der Waals surface area contributed by atoms with E-state index in [1.54, 1.807) is 0 Å². The van der Waals surface area contributed by atoms with Crippen LogP contribution in [-0.2, 0) is 6.54 Å². The quantitative estimate of drug-likeness (QED) is 0.688. The number of benzene rings is 1. The summed E-state index contributed by atoms with van der Waals surface area (Å²) in [4.78, 5) is 13.8. The van der Waals surface area contributed by atoms with Gasteiger partial charge in [0.25, 0.3) is 0 Å². The maximum absolute atomic E-state index is 5.03. The lowest BCUT2D eigenvalue weighted by atomic mass is 10.2. The van der Waals surface area contributed by atoms with Crippen molar-refractivity contribution >= 4 is 32.7 Å². The summed E-state index contributed by atoms with van der Waals surface area (Å²) in [7, 11) is 0. The molecular formula is C17H18BrN5O. The molecule has 0 atom stereocenters. The first-order valence-electron chi connectivity index (χ1n) is 8.00. The summed E-state index contributed by atoms with van der Waals surface area (Å²) in [5.74, 6) is 2.42. The molecule has 0 saturated carbocycles. The van der Waals surface area contributed by atoms with Gasteiger partial charge in [-0.25, -0.2) is 4.98 Å². The number of hydrogen-bond donors (Lipinski definition) is 0. The SMILES string of the molecule is Cc1nc(CN2CCN(c3ccc4cc(Br)ccc4n3)CC2)no1.